The van der Waals surface area contributed by atoms with Crippen molar-refractivity contribution < 1.29 is 17.9 Å². The van der Waals surface area contributed by atoms with Gasteiger partial charge in [-0.25, -0.2) is 13.4 Å². The summed E-state index contributed by atoms with van der Waals surface area (Å²) in [6, 6.07) is 12.2. The van der Waals surface area contributed by atoms with Gasteiger partial charge in [0.25, 0.3) is 0 Å². The Morgan fingerprint density at radius 1 is 1.17 bits per heavy atom. The number of carbonyl (C=O) groups excluding carboxylic acids is 1. The van der Waals surface area contributed by atoms with Gasteiger partial charge in [-0.3, -0.25) is 4.79 Å². The van der Waals surface area contributed by atoms with Gasteiger partial charge < -0.3 is 10.1 Å². The molecule has 0 atom stereocenters. The molecule has 8 heteroatoms. The van der Waals surface area contributed by atoms with E-state index < -0.39 is 15.1 Å². The highest BCUT2D eigenvalue weighted by Gasteiger charge is 2.19. The van der Waals surface area contributed by atoms with E-state index in [-0.39, 0.29) is 17.2 Å². The molecule has 1 N–H and O–H groups in total. The fourth-order valence-corrected chi connectivity index (χ4v) is 4.72. The molecule has 0 saturated heterocycles. The Balaban J connectivity index is 1.65. The molecule has 0 radical (unpaired) electrons. The molecule has 2 aromatic carbocycles. The van der Waals surface area contributed by atoms with Gasteiger partial charge in [-0.1, -0.05) is 12.1 Å². The fraction of sp³-hybridized carbons (Fsp3) is 0.273. The molecule has 3 rings (SSSR count). The van der Waals surface area contributed by atoms with E-state index in [4.69, 9.17) is 4.74 Å². The molecule has 1 amide bonds. The van der Waals surface area contributed by atoms with Crippen LogP contribution in [-0.4, -0.2) is 31.7 Å². The summed E-state index contributed by atoms with van der Waals surface area (Å²) in [5, 5.41) is 4.73. The number of thiazole rings is 1. The first-order valence-corrected chi connectivity index (χ1v) is 11.9. The Morgan fingerprint density at radius 3 is 2.47 bits per heavy atom. The maximum Gasteiger partial charge on any atom is 0.230 e. The van der Waals surface area contributed by atoms with Gasteiger partial charge in [0, 0.05) is 10.9 Å². The van der Waals surface area contributed by atoms with Crippen molar-refractivity contribution in [2.45, 2.75) is 37.3 Å². The van der Waals surface area contributed by atoms with E-state index in [1.165, 1.54) is 11.3 Å². The quantitative estimate of drug-likeness (QED) is 0.580. The van der Waals surface area contributed by atoms with Gasteiger partial charge in [0.05, 0.1) is 29.4 Å². The van der Waals surface area contributed by atoms with Crippen LogP contribution in [0.15, 0.2) is 52.7 Å². The fourth-order valence-electron chi connectivity index (χ4n) is 2.92. The number of rotatable bonds is 7. The predicted molar refractivity (Wildman–Crippen MR) is 120 cm³/mol. The summed E-state index contributed by atoms with van der Waals surface area (Å²) in [5.41, 5.74) is 3.48. The normalized spacial score (nSPS) is 11.5. The number of nitrogens with one attached hydrogen (secondary N) is 1. The molecule has 0 aliphatic carbocycles. The van der Waals surface area contributed by atoms with Gasteiger partial charge in [0.15, 0.2) is 15.0 Å². The molecule has 1 heterocycles. The van der Waals surface area contributed by atoms with E-state index in [0.717, 1.165) is 28.1 Å². The standard InChI is InChI=1S/C22H24N2O4S2/c1-14(2)30(26,27)18-8-5-16(6-9-18)12-21(25)24-22-23-19(13-29-22)17-7-10-20(28-4)15(3)11-17/h5-11,13-14H,12H2,1-4H3,(H,23,24,25). The molecule has 158 valence electrons. The van der Waals surface area contributed by atoms with Crippen LogP contribution in [0.3, 0.4) is 0 Å². The number of amides is 1. The number of anilines is 1. The molecule has 30 heavy (non-hydrogen) atoms. The van der Waals surface area contributed by atoms with Crippen LogP contribution in [0, 0.1) is 6.92 Å². The smallest absolute Gasteiger partial charge is 0.230 e. The third-order valence-electron chi connectivity index (χ3n) is 4.68. The summed E-state index contributed by atoms with van der Waals surface area (Å²) >= 11 is 1.35. The van der Waals surface area contributed by atoms with Crippen molar-refractivity contribution in [1.82, 2.24) is 4.98 Å². The Labute approximate surface area is 180 Å². The largest absolute Gasteiger partial charge is 0.496 e. The van der Waals surface area contributed by atoms with Crippen molar-refractivity contribution >= 4 is 32.2 Å². The van der Waals surface area contributed by atoms with Crippen molar-refractivity contribution in [3.8, 4) is 17.0 Å². The van der Waals surface area contributed by atoms with Crippen LogP contribution < -0.4 is 10.1 Å². The first-order chi connectivity index (χ1) is 14.2. The molecular weight excluding hydrogens is 420 g/mol. The second-order valence-electron chi connectivity index (χ2n) is 7.18. The number of hydrogen-bond acceptors (Lipinski definition) is 6. The second-order valence-corrected chi connectivity index (χ2v) is 10.5. The Hall–Kier alpha value is -2.71. The van der Waals surface area contributed by atoms with Crippen LogP contribution in [0.1, 0.15) is 25.0 Å². The minimum absolute atomic E-state index is 0.137. The third kappa shape index (κ3) is 4.88. The third-order valence-corrected chi connectivity index (χ3v) is 7.61. The average Bonchev–Trinajstić information content (AvgIpc) is 3.16. The van der Waals surface area contributed by atoms with Gasteiger partial charge in [-0.05, 0) is 62.2 Å². The summed E-state index contributed by atoms with van der Waals surface area (Å²) in [7, 11) is -1.68. The van der Waals surface area contributed by atoms with Crippen molar-refractivity contribution in [2.24, 2.45) is 0 Å². The minimum Gasteiger partial charge on any atom is -0.496 e. The molecule has 0 spiro atoms. The predicted octanol–water partition coefficient (Wildman–Crippen LogP) is 4.49. The zero-order valence-corrected chi connectivity index (χ0v) is 18.9. The molecule has 0 saturated carbocycles. The minimum atomic E-state index is -3.32. The van der Waals surface area contributed by atoms with Gasteiger partial charge in [-0.15, -0.1) is 11.3 Å². The Morgan fingerprint density at radius 2 is 1.87 bits per heavy atom. The number of aryl methyl sites for hydroxylation is 1. The first-order valence-electron chi connectivity index (χ1n) is 9.44. The highest BCUT2D eigenvalue weighted by atomic mass is 32.2. The number of carbonyl (C=O) groups is 1. The van der Waals surface area contributed by atoms with E-state index in [2.05, 4.69) is 10.3 Å². The zero-order valence-electron chi connectivity index (χ0n) is 17.3. The van der Waals surface area contributed by atoms with Crippen LogP contribution in [0.2, 0.25) is 0 Å². The molecule has 0 aliphatic heterocycles. The lowest BCUT2D eigenvalue weighted by atomic mass is 10.1. The summed E-state index contributed by atoms with van der Waals surface area (Å²) in [6.07, 6.45) is 0.137. The number of hydrogen-bond donors (Lipinski definition) is 1. The molecule has 1 aromatic heterocycles. The number of benzene rings is 2. The van der Waals surface area contributed by atoms with Crippen LogP contribution in [0.25, 0.3) is 11.3 Å². The number of sulfone groups is 1. The van der Waals surface area contributed by atoms with Crippen molar-refractivity contribution in [3.63, 3.8) is 0 Å². The second kappa shape index (κ2) is 8.97. The van der Waals surface area contributed by atoms with Gasteiger partial charge in [0.1, 0.15) is 5.75 Å². The van der Waals surface area contributed by atoms with Gasteiger partial charge in [-0.2, -0.15) is 0 Å². The van der Waals surface area contributed by atoms with Crippen LogP contribution in [-0.2, 0) is 21.1 Å². The summed E-state index contributed by atoms with van der Waals surface area (Å²) < 4.78 is 29.7. The van der Waals surface area contributed by atoms with Crippen LogP contribution >= 0.6 is 11.3 Å². The molecule has 6 nitrogen and oxygen atoms in total. The summed E-state index contributed by atoms with van der Waals surface area (Å²) in [4.78, 5) is 17.1. The van der Waals surface area contributed by atoms with E-state index in [0.29, 0.717) is 5.13 Å². The molecule has 3 aromatic rings. The summed E-state index contributed by atoms with van der Waals surface area (Å²) in [6.45, 7) is 5.26. The van der Waals surface area contributed by atoms with Gasteiger partial charge in [0.2, 0.25) is 5.91 Å². The molecular formula is C22H24N2O4S2. The number of nitrogens with zero attached hydrogens (tertiary/aromatic N) is 1. The Kier molecular flexibility index (Phi) is 6.58. The van der Waals surface area contributed by atoms with E-state index in [1.807, 2.05) is 30.5 Å². The van der Waals surface area contributed by atoms with Crippen LogP contribution in [0.4, 0.5) is 5.13 Å². The molecule has 0 fully saturated rings. The van der Waals surface area contributed by atoms with E-state index in [1.54, 1.807) is 45.2 Å². The lowest BCUT2D eigenvalue weighted by molar-refractivity contribution is -0.115. The van der Waals surface area contributed by atoms with E-state index in [9.17, 15) is 13.2 Å². The number of ether oxygens (including phenoxy) is 1. The molecule has 0 unspecified atom stereocenters. The van der Waals surface area contributed by atoms with E-state index >= 15 is 0 Å². The Bertz CT molecular complexity index is 1150. The SMILES string of the molecule is COc1ccc(-c2csc(NC(=O)Cc3ccc(S(=O)(=O)C(C)C)cc3)n2)cc1C. The lowest BCUT2D eigenvalue weighted by Gasteiger charge is -2.08. The molecule has 0 aliphatic rings. The maximum atomic E-state index is 12.4. The number of aromatic nitrogens is 1. The topological polar surface area (TPSA) is 85.4 Å². The number of methoxy groups -OCH3 is 1. The van der Waals surface area contributed by atoms with Crippen molar-refractivity contribution in [3.05, 3.63) is 59.0 Å². The van der Waals surface area contributed by atoms with Crippen molar-refractivity contribution in [2.75, 3.05) is 12.4 Å². The first kappa shape index (κ1) is 22.0. The molecule has 0 bridgehead atoms. The van der Waals surface area contributed by atoms with Crippen LogP contribution in [0.5, 0.6) is 5.75 Å². The van der Waals surface area contributed by atoms with Gasteiger partial charge >= 0.3 is 0 Å². The van der Waals surface area contributed by atoms with Crippen molar-refractivity contribution in [1.29, 1.82) is 0 Å². The maximum absolute atomic E-state index is 12.4. The monoisotopic (exact) mass is 444 g/mol. The lowest BCUT2D eigenvalue weighted by Crippen LogP contribution is -2.15. The average molecular weight is 445 g/mol. The highest BCUT2D eigenvalue weighted by molar-refractivity contribution is 7.92. The highest BCUT2D eigenvalue weighted by Crippen LogP contribution is 2.29. The zero-order chi connectivity index (χ0) is 21.9. The summed E-state index contributed by atoms with van der Waals surface area (Å²) in [5.74, 6) is 0.607.